The molecule has 0 aromatic heterocycles. The van der Waals surface area contributed by atoms with E-state index < -0.39 is 15.8 Å². The van der Waals surface area contributed by atoms with Crippen molar-refractivity contribution in [1.29, 1.82) is 0 Å². The number of nitrogens with zero attached hydrogens (tertiary/aromatic N) is 1. The molecule has 0 aliphatic carbocycles. The van der Waals surface area contributed by atoms with Gasteiger partial charge in [-0.25, -0.2) is 12.8 Å². The Labute approximate surface area is 145 Å². The Hall–Kier alpha value is -2.61. The van der Waals surface area contributed by atoms with E-state index in [1.165, 1.54) is 13.2 Å². The highest BCUT2D eigenvalue weighted by atomic mass is 32.2. The Morgan fingerprint density at radius 1 is 1.16 bits per heavy atom. The van der Waals surface area contributed by atoms with Crippen molar-refractivity contribution in [2.75, 3.05) is 23.8 Å². The molecule has 132 valence electrons. The van der Waals surface area contributed by atoms with Crippen molar-refractivity contribution in [2.45, 2.75) is 17.7 Å². The number of anilines is 2. The number of amides is 1. The van der Waals surface area contributed by atoms with Crippen LogP contribution in [-0.4, -0.2) is 28.5 Å². The number of nitrogens with one attached hydrogen (secondary N) is 1. The second-order valence-corrected chi connectivity index (χ2v) is 7.35. The van der Waals surface area contributed by atoms with Gasteiger partial charge in [-0.2, -0.15) is 0 Å². The Kier molecular flexibility index (Phi) is 4.38. The molecule has 1 amide bonds. The summed E-state index contributed by atoms with van der Waals surface area (Å²) in [6.45, 7) is 0. The molecule has 0 saturated heterocycles. The fourth-order valence-electron chi connectivity index (χ4n) is 2.79. The lowest BCUT2D eigenvalue weighted by Crippen LogP contribution is -2.31. The molecule has 0 unspecified atom stereocenters. The molecule has 2 aromatic carbocycles. The van der Waals surface area contributed by atoms with E-state index in [1.807, 2.05) is 0 Å². The van der Waals surface area contributed by atoms with Crippen molar-refractivity contribution in [3.8, 4) is 5.75 Å². The van der Waals surface area contributed by atoms with Crippen molar-refractivity contribution >= 4 is 27.3 Å². The predicted molar refractivity (Wildman–Crippen MR) is 91.9 cm³/mol. The maximum atomic E-state index is 13.5. The molecule has 25 heavy (non-hydrogen) atoms. The van der Waals surface area contributed by atoms with Gasteiger partial charge in [0.15, 0.2) is 0 Å². The van der Waals surface area contributed by atoms with Crippen molar-refractivity contribution < 1.29 is 22.3 Å². The Morgan fingerprint density at radius 2 is 1.92 bits per heavy atom. The lowest BCUT2D eigenvalue weighted by atomic mass is 10.0. The van der Waals surface area contributed by atoms with Crippen LogP contribution in [0.5, 0.6) is 5.75 Å². The number of carbonyl (C=O) groups excluding carboxylic acids is 1. The van der Waals surface area contributed by atoms with Gasteiger partial charge in [-0.3, -0.25) is 9.52 Å². The van der Waals surface area contributed by atoms with Gasteiger partial charge in [-0.05, 0) is 48.4 Å². The lowest BCUT2D eigenvalue weighted by molar-refractivity contribution is -0.118. The van der Waals surface area contributed by atoms with E-state index >= 15 is 0 Å². The van der Waals surface area contributed by atoms with Crippen molar-refractivity contribution in [2.24, 2.45) is 0 Å². The Balaban J connectivity index is 1.95. The number of sulfonamides is 1. The standard InChI is InChI=1S/C17H17FN2O4S/c1-20-14-6-5-13(9-11(14)3-8-17(20)21)19-25(22,23)16-10-12(18)4-7-15(16)24-2/h4-7,9-10,19H,3,8H2,1-2H3. The number of hydrogen-bond donors (Lipinski definition) is 1. The molecule has 0 bridgehead atoms. The molecular formula is C17H17FN2O4S. The zero-order valence-corrected chi connectivity index (χ0v) is 14.6. The van der Waals surface area contributed by atoms with Crippen LogP contribution in [0.1, 0.15) is 12.0 Å². The van der Waals surface area contributed by atoms with Crippen LogP contribution in [0.15, 0.2) is 41.3 Å². The SMILES string of the molecule is COc1ccc(F)cc1S(=O)(=O)Nc1ccc2c(c1)CCC(=O)N2C. The van der Waals surface area contributed by atoms with Gasteiger partial charge in [0.1, 0.15) is 16.5 Å². The summed E-state index contributed by atoms with van der Waals surface area (Å²) in [6, 6.07) is 8.23. The van der Waals surface area contributed by atoms with Crippen LogP contribution in [0.2, 0.25) is 0 Å². The fraction of sp³-hybridized carbons (Fsp3) is 0.235. The smallest absolute Gasteiger partial charge is 0.265 e. The second kappa shape index (κ2) is 6.36. The van der Waals surface area contributed by atoms with Crippen LogP contribution in [0.4, 0.5) is 15.8 Å². The zero-order valence-electron chi connectivity index (χ0n) is 13.7. The number of fused-ring (bicyclic) bond motifs is 1. The molecule has 6 nitrogen and oxygen atoms in total. The average Bonchev–Trinajstić information content (AvgIpc) is 2.58. The molecule has 0 saturated carbocycles. The molecule has 0 spiro atoms. The van der Waals surface area contributed by atoms with E-state index in [1.54, 1.807) is 30.1 Å². The van der Waals surface area contributed by atoms with Crippen LogP contribution in [0.25, 0.3) is 0 Å². The number of methoxy groups -OCH3 is 1. The first kappa shape index (κ1) is 17.2. The zero-order chi connectivity index (χ0) is 18.2. The summed E-state index contributed by atoms with van der Waals surface area (Å²) in [4.78, 5) is 13.0. The summed E-state index contributed by atoms with van der Waals surface area (Å²) in [7, 11) is -1.03. The molecule has 2 aromatic rings. The van der Waals surface area contributed by atoms with Gasteiger partial charge in [0.05, 0.1) is 7.11 Å². The summed E-state index contributed by atoms with van der Waals surface area (Å²) in [5.41, 5.74) is 1.96. The first-order valence-electron chi connectivity index (χ1n) is 7.57. The molecule has 3 rings (SSSR count). The first-order valence-corrected chi connectivity index (χ1v) is 9.06. The Bertz CT molecular complexity index is 944. The third-order valence-corrected chi connectivity index (χ3v) is 5.49. The second-order valence-electron chi connectivity index (χ2n) is 5.70. The summed E-state index contributed by atoms with van der Waals surface area (Å²) in [5, 5.41) is 0. The number of hydrogen-bond acceptors (Lipinski definition) is 4. The maximum absolute atomic E-state index is 13.5. The third-order valence-electron chi connectivity index (χ3n) is 4.09. The van der Waals surface area contributed by atoms with Gasteiger partial charge in [-0.1, -0.05) is 0 Å². The number of rotatable bonds is 4. The summed E-state index contributed by atoms with van der Waals surface area (Å²) < 4.78 is 46.1. The minimum Gasteiger partial charge on any atom is -0.495 e. The highest BCUT2D eigenvalue weighted by Crippen LogP contribution is 2.31. The molecule has 1 N–H and O–H groups in total. The lowest BCUT2D eigenvalue weighted by Gasteiger charge is -2.26. The molecule has 1 heterocycles. The normalized spacial score (nSPS) is 14.2. The van der Waals surface area contributed by atoms with E-state index in [0.717, 1.165) is 23.4 Å². The molecule has 0 radical (unpaired) electrons. The molecule has 1 aliphatic heterocycles. The quantitative estimate of drug-likeness (QED) is 0.905. The van der Waals surface area contributed by atoms with Crippen LogP contribution in [0.3, 0.4) is 0 Å². The van der Waals surface area contributed by atoms with E-state index in [-0.39, 0.29) is 16.6 Å². The van der Waals surface area contributed by atoms with E-state index in [0.29, 0.717) is 18.5 Å². The van der Waals surface area contributed by atoms with Gasteiger partial charge in [0, 0.05) is 24.8 Å². The van der Waals surface area contributed by atoms with Gasteiger partial charge in [0.2, 0.25) is 5.91 Å². The fourth-order valence-corrected chi connectivity index (χ4v) is 4.02. The Morgan fingerprint density at radius 3 is 2.64 bits per heavy atom. The number of halogens is 1. The predicted octanol–water partition coefficient (Wildman–Crippen LogP) is 2.54. The minimum atomic E-state index is -4.02. The highest BCUT2D eigenvalue weighted by Gasteiger charge is 2.23. The monoisotopic (exact) mass is 364 g/mol. The number of benzene rings is 2. The summed E-state index contributed by atoms with van der Waals surface area (Å²) >= 11 is 0. The van der Waals surface area contributed by atoms with E-state index in [4.69, 9.17) is 4.74 Å². The first-order chi connectivity index (χ1) is 11.8. The molecule has 0 fully saturated rings. The summed E-state index contributed by atoms with van der Waals surface area (Å²) in [5.74, 6) is -0.603. The van der Waals surface area contributed by atoms with Gasteiger partial charge in [0.25, 0.3) is 10.0 Å². The average molecular weight is 364 g/mol. The number of ether oxygens (including phenoxy) is 1. The van der Waals surface area contributed by atoms with Crippen LogP contribution in [0, 0.1) is 5.82 Å². The molecular weight excluding hydrogens is 347 g/mol. The number of aryl methyl sites for hydroxylation is 1. The van der Waals surface area contributed by atoms with Crippen molar-refractivity contribution in [1.82, 2.24) is 0 Å². The molecule has 8 heteroatoms. The van der Waals surface area contributed by atoms with Crippen LogP contribution < -0.4 is 14.4 Å². The topological polar surface area (TPSA) is 75.7 Å². The van der Waals surface area contributed by atoms with Gasteiger partial charge >= 0.3 is 0 Å². The van der Waals surface area contributed by atoms with Crippen molar-refractivity contribution in [3.63, 3.8) is 0 Å². The minimum absolute atomic E-state index is 0.0188. The summed E-state index contributed by atoms with van der Waals surface area (Å²) in [6.07, 6.45) is 0.911. The molecule has 1 aliphatic rings. The third kappa shape index (κ3) is 3.30. The van der Waals surface area contributed by atoms with Crippen molar-refractivity contribution in [3.05, 3.63) is 47.8 Å². The van der Waals surface area contributed by atoms with Crippen LogP contribution >= 0.6 is 0 Å². The van der Waals surface area contributed by atoms with E-state index in [9.17, 15) is 17.6 Å². The van der Waals surface area contributed by atoms with E-state index in [2.05, 4.69) is 4.72 Å². The van der Waals surface area contributed by atoms with Crippen LogP contribution in [-0.2, 0) is 21.2 Å². The largest absolute Gasteiger partial charge is 0.495 e. The molecule has 0 atom stereocenters. The number of carbonyl (C=O) groups is 1. The highest BCUT2D eigenvalue weighted by molar-refractivity contribution is 7.92. The van der Waals surface area contributed by atoms with Gasteiger partial charge < -0.3 is 9.64 Å². The maximum Gasteiger partial charge on any atom is 0.265 e. The van der Waals surface area contributed by atoms with Gasteiger partial charge in [-0.15, -0.1) is 0 Å².